The maximum Gasteiger partial charge on any atom is 0.342 e. The molecular formula is C19H21BrO3. The fourth-order valence-electron chi connectivity index (χ4n) is 2.82. The lowest BCUT2D eigenvalue weighted by atomic mass is 10.0. The third-order valence-electron chi connectivity index (χ3n) is 4.41. The van der Waals surface area contributed by atoms with Gasteiger partial charge < -0.3 is 9.52 Å². The molecule has 1 aliphatic carbocycles. The third-order valence-corrected chi connectivity index (χ3v) is 5.23. The van der Waals surface area contributed by atoms with Crippen LogP contribution in [0.2, 0.25) is 0 Å². The Labute approximate surface area is 144 Å². The molecular weight excluding hydrogens is 356 g/mol. The van der Waals surface area contributed by atoms with E-state index in [4.69, 9.17) is 4.42 Å². The highest BCUT2D eigenvalue weighted by Gasteiger charge is 2.23. The first kappa shape index (κ1) is 16.3. The molecule has 1 saturated carbocycles. The highest BCUT2D eigenvalue weighted by molar-refractivity contribution is 9.10. The third kappa shape index (κ3) is 4.25. The van der Waals surface area contributed by atoms with Crippen LogP contribution in [0.4, 0.5) is 0 Å². The Bertz CT molecular complexity index is 717. The van der Waals surface area contributed by atoms with E-state index in [2.05, 4.69) is 28.1 Å². The largest absolute Gasteiger partial charge is 0.506 e. The first-order chi connectivity index (χ1) is 11.1. The van der Waals surface area contributed by atoms with Crippen molar-refractivity contribution in [3.63, 3.8) is 0 Å². The van der Waals surface area contributed by atoms with Gasteiger partial charge in [-0.15, -0.1) is 0 Å². The lowest BCUT2D eigenvalue weighted by Gasteiger charge is -2.09. The van der Waals surface area contributed by atoms with Crippen molar-refractivity contribution >= 4 is 15.9 Å². The number of halogens is 1. The number of hydrogen-bond acceptors (Lipinski definition) is 3. The maximum atomic E-state index is 12.2. The molecule has 1 aromatic carbocycles. The predicted octanol–water partition coefficient (Wildman–Crippen LogP) is 4.63. The Morgan fingerprint density at radius 3 is 2.57 bits per heavy atom. The number of aryl methyl sites for hydroxylation is 2. The van der Waals surface area contributed by atoms with Crippen molar-refractivity contribution in [2.24, 2.45) is 5.92 Å². The van der Waals surface area contributed by atoms with Crippen LogP contribution in [0.3, 0.4) is 0 Å². The Morgan fingerprint density at radius 1 is 1.13 bits per heavy atom. The molecule has 0 unspecified atom stereocenters. The summed E-state index contributed by atoms with van der Waals surface area (Å²) >= 11 is 3.39. The molecule has 0 radical (unpaired) electrons. The van der Waals surface area contributed by atoms with Crippen LogP contribution in [-0.4, -0.2) is 5.11 Å². The standard InChI is InChI=1S/C19H21BrO3/c20-17-16(12-11-14-9-10-14)23-19(22)15(18(17)21)8-4-7-13-5-2-1-3-6-13/h1-3,5-6,14,21H,4,7-12H2. The maximum absolute atomic E-state index is 12.2. The van der Waals surface area contributed by atoms with Gasteiger partial charge in [0.25, 0.3) is 0 Å². The van der Waals surface area contributed by atoms with Gasteiger partial charge in [-0.05, 0) is 53.1 Å². The molecule has 1 aliphatic rings. The first-order valence-corrected chi connectivity index (χ1v) is 9.01. The van der Waals surface area contributed by atoms with Crippen LogP contribution in [0.15, 0.2) is 44.0 Å². The van der Waals surface area contributed by atoms with Gasteiger partial charge in [-0.1, -0.05) is 43.2 Å². The van der Waals surface area contributed by atoms with Crippen molar-refractivity contribution in [2.45, 2.75) is 44.9 Å². The second-order valence-electron chi connectivity index (χ2n) is 6.28. The molecule has 0 bridgehead atoms. The van der Waals surface area contributed by atoms with Crippen molar-refractivity contribution < 1.29 is 9.52 Å². The van der Waals surface area contributed by atoms with Gasteiger partial charge in [0, 0.05) is 6.42 Å². The van der Waals surface area contributed by atoms with Crippen molar-refractivity contribution in [3.8, 4) is 5.75 Å². The molecule has 3 rings (SSSR count). The van der Waals surface area contributed by atoms with E-state index in [1.54, 1.807) is 0 Å². The van der Waals surface area contributed by atoms with E-state index in [0.717, 1.165) is 25.2 Å². The van der Waals surface area contributed by atoms with Crippen LogP contribution in [0.1, 0.15) is 42.6 Å². The van der Waals surface area contributed by atoms with E-state index < -0.39 is 5.63 Å². The minimum atomic E-state index is -0.399. The number of rotatable bonds is 7. The molecule has 1 aromatic heterocycles. The van der Waals surface area contributed by atoms with Crippen molar-refractivity contribution in [2.75, 3.05) is 0 Å². The first-order valence-electron chi connectivity index (χ1n) is 8.22. The summed E-state index contributed by atoms with van der Waals surface area (Å²) in [6.45, 7) is 0. The fraction of sp³-hybridized carbons (Fsp3) is 0.421. The molecule has 0 amide bonds. The van der Waals surface area contributed by atoms with E-state index in [1.807, 2.05) is 18.2 Å². The molecule has 0 atom stereocenters. The van der Waals surface area contributed by atoms with Gasteiger partial charge in [-0.2, -0.15) is 0 Å². The normalized spacial score (nSPS) is 14.1. The monoisotopic (exact) mass is 376 g/mol. The van der Waals surface area contributed by atoms with Crippen LogP contribution in [0.5, 0.6) is 5.75 Å². The summed E-state index contributed by atoms with van der Waals surface area (Å²) in [5.74, 6) is 1.39. The second kappa shape index (κ2) is 7.35. The van der Waals surface area contributed by atoms with Gasteiger partial charge in [0.1, 0.15) is 11.5 Å². The van der Waals surface area contributed by atoms with Crippen LogP contribution in [-0.2, 0) is 19.3 Å². The Hall–Kier alpha value is -1.55. The van der Waals surface area contributed by atoms with Gasteiger partial charge >= 0.3 is 5.63 Å². The zero-order valence-corrected chi connectivity index (χ0v) is 14.6. The highest BCUT2D eigenvalue weighted by atomic mass is 79.9. The zero-order valence-electron chi connectivity index (χ0n) is 13.1. The molecule has 23 heavy (non-hydrogen) atoms. The molecule has 1 fully saturated rings. The van der Waals surface area contributed by atoms with E-state index in [1.165, 1.54) is 18.4 Å². The molecule has 0 aliphatic heterocycles. The second-order valence-corrected chi connectivity index (χ2v) is 7.07. The van der Waals surface area contributed by atoms with Gasteiger partial charge in [-0.3, -0.25) is 0 Å². The summed E-state index contributed by atoms with van der Waals surface area (Å²) in [5, 5.41) is 10.3. The predicted molar refractivity (Wildman–Crippen MR) is 93.9 cm³/mol. The average Bonchev–Trinajstić information content (AvgIpc) is 3.38. The lowest BCUT2D eigenvalue weighted by molar-refractivity contribution is 0.400. The summed E-state index contributed by atoms with van der Waals surface area (Å²) < 4.78 is 5.99. The molecule has 0 saturated heterocycles. The van der Waals surface area contributed by atoms with Crippen molar-refractivity contribution in [1.82, 2.24) is 0 Å². The fourth-order valence-corrected chi connectivity index (χ4v) is 3.33. The molecule has 4 heteroatoms. The van der Waals surface area contributed by atoms with Gasteiger partial charge in [0.2, 0.25) is 0 Å². The SMILES string of the molecule is O=c1oc(CCC2CC2)c(Br)c(O)c1CCCc1ccccc1. The Morgan fingerprint density at radius 2 is 1.87 bits per heavy atom. The number of hydrogen-bond donors (Lipinski definition) is 1. The van der Waals surface area contributed by atoms with E-state index in [0.29, 0.717) is 28.6 Å². The summed E-state index contributed by atoms with van der Waals surface area (Å²) in [5.41, 5.74) is 1.21. The minimum absolute atomic E-state index is 0.0557. The molecule has 3 nitrogen and oxygen atoms in total. The van der Waals surface area contributed by atoms with Crippen molar-refractivity contribution in [1.29, 1.82) is 0 Å². The van der Waals surface area contributed by atoms with Crippen molar-refractivity contribution in [3.05, 3.63) is 62.1 Å². The quantitative estimate of drug-likeness (QED) is 0.766. The molecule has 1 N–H and O–H groups in total. The van der Waals surface area contributed by atoms with E-state index in [-0.39, 0.29) is 5.75 Å². The number of aromatic hydroxyl groups is 1. The Balaban J connectivity index is 1.66. The smallest absolute Gasteiger partial charge is 0.342 e. The minimum Gasteiger partial charge on any atom is -0.506 e. The molecule has 122 valence electrons. The van der Waals surface area contributed by atoms with Gasteiger partial charge in [0.05, 0.1) is 10.0 Å². The van der Waals surface area contributed by atoms with Gasteiger partial charge in [-0.25, -0.2) is 4.79 Å². The van der Waals surface area contributed by atoms with Crippen LogP contribution in [0, 0.1) is 5.92 Å². The number of benzene rings is 1. The summed E-state index contributed by atoms with van der Waals surface area (Å²) in [7, 11) is 0. The molecule has 2 aromatic rings. The molecule has 1 heterocycles. The zero-order chi connectivity index (χ0) is 16.2. The van der Waals surface area contributed by atoms with Crippen LogP contribution < -0.4 is 5.63 Å². The highest BCUT2D eigenvalue weighted by Crippen LogP contribution is 2.36. The summed E-state index contributed by atoms with van der Waals surface area (Å²) in [6, 6.07) is 10.1. The average molecular weight is 377 g/mol. The van der Waals surface area contributed by atoms with Crippen LogP contribution >= 0.6 is 15.9 Å². The van der Waals surface area contributed by atoms with E-state index in [9.17, 15) is 9.90 Å². The topological polar surface area (TPSA) is 50.4 Å². The lowest BCUT2D eigenvalue weighted by Crippen LogP contribution is -2.11. The van der Waals surface area contributed by atoms with E-state index >= 15 is 0 Å². The molecule has 0 spiro atoms. The van der Waals surface area contributed by atoms with Gasteiger partial charge in [0.15, 0.2) is 0 Å². The Kier molecular flexibility index (Phi) is 5.21. The summed E-state index contributed by atoms with van der Waals surface area (Å²) in [4.78, 5) is 12.2. The van der Waals surface area contributed by atoms with Crippen LogP contribution in [0.25, 0.3) is 0 Å². The summed E-state index contributed by atoms with van der Waals surface area (Å²) in [6.07, 6.45) is 6.46.